The van der Waals surface area contributed by atoms with E-state index >= 15 is 0 Å². The molecule has 2 aliphatic rings. The Kier molecular flexibility index (Phi) is 6.38. The highest BCUT2D eigenvalue weighted by Crippen LogP contribution is 2.36. The number of hydrogen-bond donors (Lipinski definition) is 1. The minimum atomic E-state index is -2.59. The first-order valence-corrected chi connectivity index (χ1v) is 11.9. The zero-order valence-electron chi connectivity index (χ0n) is 20.2. The van der Waals surface area contributed by atoms with Crippen molar-refractivity contribution >= 4 is 28.7 Å². The molecule has 3 heterocycles. The summed E-state index contributed by atoms with van der Waals surface area (Å²) in [5.41, 5.74) is 4.90. The quantitative estimate of drug-likeness (QED) is 0.469. The third-order valence-electron chi connectivity index (χ3n) is 6.66. The van der Waals surface area contributed by atoms with E-state index in [1.807, 2.05) is 42.3 Å². The Bertz CT molecular complexity index is 1240. The van der Waals surface area contributed by atoms with Crippen LogP contribution in [0.5, 0.6) is 5.75 Å². The molecule has 188 valence electrons. The van der Waals surface area contributed by atoms with Crippen LogP contribution in [0.1, 0.15) is 22.3 Å². The van der Waals surface area contributed by atoms with Gasteiger partial charge in [-0.15, -0.1) is 0 Å². The Balaban J connectivity index is 1.24. The molecular weight excluding hydrogens is 466 g/mol. The largest absolute Gasteiger partial charge is 0.488 e. The van der Waals surface area contributed by atoms with Crippen molar-refractivity contribution in [2.75, 3.05) is 48.9 Å². The molecule has 9 heteroatoms. The van der Waals surface area contributed by atoms with Crippen LogP contribution in [0, 0.1) is 0 Å². The van der Waals surface area contributed by atoms with Crippen LogP contribution >= 0.6 is 0 Å². The van der Waals surface area contributed by atoms with Gasteiger partial charge in [-0.05, 0) is 54.8 Å². The molecule has 0 spiro atoms. The molecule has 1 aromatic heterocycles. The number of hydrogen-bond acceptors (Lipinski definition) is 7. The van der Waals surface area contributed by atoms with Crippen molar-refractivity contribution in [3.63, 3.8) is 0 Å². The third-order valence-corrected chi connectivity index (χ3v) is 6.66. The second kappa shape index (κ2) is 9.64. The van der Waals surface area contributed by atoms with Crippen molar-refractivity contribution in [3.05, 3.63) is 72.1 Å². The van der Waals surface area contributed by atoms with Crippen molar-refractivity contribution < 1.29 is 23.0 Å². The number of carbonyl (C=O) groups excluding carboxylic acids is 1. The summed E-state index contributed by atoms with van der Waals surface area (Å²) >= 11 is 0. The number of pyridine rings is 1. The van der Waals surface area contributed by atoms with E-state index < -0.39 is 11.9 Å². The van der Waals surface area contributed by atoms with Gasteiger partial charge in [-0.2, -0.15) is 0 Å². The van der Waals surface area contributed by atoms with Crippen LogP contribution in [0.3, 0.4) is 0 Å². The monoisotopic (exact) mass is 494 g/mol. The van der Waals surface area contributed by atoms with Gasteiger partial charge in [0.1, 0.15) is 11.9 Å². The Hall–Kier alpha value is -3.88. The molecule has 7 nitrogen and oxygen atoms in total. The molecule has 2 aromatic carbocycles. The lowest BCUT2D eigenvalue weighted by Crippen LogP contribution is -2.56. The fourth-order valence-corrected chi connectivity index (χ4v) is 4.54. The first kappa shape index (κ1) is 23.8. The van der Waals surface area contributed by atoms with Crippen LogP contribution in [0.2, 0.25) is 0 Å². The summed E-state index contributed by atoms with van der Waals surface area (Å²) in [7, 11) is 3.32. The van der Waals surface area contributed by atoms with Crippen LogP contribution < -0.4 is 19.9 Å². The highest BCUT2D eigenvalue weighted by molar-refractivity contribution is 5.95. The molecule has 0 saturated carbocycles. The van der Waals surface area contributed by atoms with E-state index in [1.165, 1.54) is 7.11 Å². The van der Waals surface area contributed by atoms with Gasteiger partial charge in [-0.1, -0.05) is 6.07 Å². The summed E-state index contributed by atoms with van der Waals surface area (Å²) in [5, 5.41) is 3.27. The highest BCUT2D eigenvalue weighted by atomic mass is 19.3. The van der Waals surface area contributed by atoms with Crippen molar-refractivity contribution in [1.82, 2.24) is 4.98 Å². The van der Waals surface area contributed by atoms with Gasteiger partial charge in [-0.3, -0.25) is 4.98 Å². The van der Waals surface area contributed by atoms with Crippen molar-refractivity contribution in [1.29, 1.82) is 0 Å². The van der Waals surface area contributed by atoms with Crippen LogP contribution in [-0.4, -0.2) is 56.8 Å². The highest BCUT2D eigenvalue weighted by Gasteiger charge is 2.43. The second-order valence-corrected chi connectivity index (χ2v) is 9.15. The molecule has 36 heavy (non-hydrogen) atoms. The number of carbonyl (C=O) groups is 1. The number of rotatable bonds is 7. The number of esters is 1. The molecule has 3 aromatic rings. The van der Waals surface area contributed by atoms with E-state index in [4.69, 9.17) is 9.47 Å². The maximum Gasteiger partial charge on any atom is 0.340 e. The molecule has 2 aliphatic heterocycles. The summed E-state index contributed by atoms with van der Waals surface area (Å²) in [5.74, 6) is -2.18. The van der Waals surface area contributed by atoms with Crippen LogP contribution in [0.25, 0.3) is 0 Å². The van der Waals surface area contributed by atoms with Gasteiger partial charge >= 0.3 is 5.97 Å². The fraction of sp³-hybridized carbons (Fsp3) is 0.333. The van der Waals surface area contributed by atoms with Gasteiger partial charge in [0.25, 0.3) is 5.92 Å². The average Bonchev–Trinajstić information content (AvgIpc) is 2.89. The van der Waals surface area contributed by atoms with E-state index in [0.29, 0.717) is 17.8 Å². The zero-order valence-corrected chi connectivity index (χ0v) is 20.2. The van der Waals surface area contributed by atoms with Gasteiger partial charge in [0.05, 0.1) is 44.2 Å². The number of alkyl halides is 2. The number of halogens is 2. The molecule has 1 atom stereocenters. The van der Waals surface area contributed by atoms with Gasteiger partial charge in [0.15, 0.2) is 0 Å². The smallest absolute Gasteiger partial charge is 0.340 e. The Morgan fingerprint density at radius 2 is 1.94 bits per heavy atom. The Labute approximate surface area is 208 Å². The minimum Gasteiger partial charge on any atom is -0.488 e. The number of anilines is 4. The van der Waals surface area contributed by atoms with E-state index in [-0.39, 0.29) is 19.2 Å². The van der Waals surface area contributed by atoms with Crippen LogP contribution in [0.4, 0.5) is 31.5 Å². The number of nitrogens with zero attached hydrogens (tertiary/aromatic N) is 3. The minimum absolute atomic E-state index is 0.0716. The number of nitrogens with one attached hydrogen (secondary N) is 1. The maximum absolute atomic E-state index is 13.2. The van der Waals surface area contributed by atoms with Gasteiger partial charge < -0.3 is 24.6 Å². The Morgan fingerprint density at radius 3 is 2.67 bits per heavy atom. The number of methoxy groups -OCH3 is 1. The SMILES string of the molecule is COC(=O)c1ccncc1NCC1CCc2ccc(N(C)c3ccc(N4CC(F)(F)C4)cc3)cc2O1. The van der Waals surface area contributed by atoms with Crippen molar-refractivity contribution in [2.24, 2.45) is 0 Å². The van der Waals surface area contributed by atoms with Gasteiger partial charge in [-0.25, -0.2) is 13.6 Å². The zero-order chi connectivity index (χ0) is 25.3. The molecule has 0 bridgehead atoms. The van der Waals surface area contributed by atoms with E-state index in [1.54, 1.807) is 23.4 Å². The van der Waals surface area contributed by atoms with Crippen LogP contribution in [-0.2, 0) is 11.2 Å². The first-order chi connectivity index (χ1) is 17.3. The molecule has 1 fully saturated rings. The summed E-state index contributed by atoms with van der Waals surface area (Å²) in [6.45, 7) is 0.0581. The molecular formula is C27H28F2N4O3. The number of ether oxygens (including phenoxy) is 2. The predicted octanol–water partition coefficient (Wildman–Crippen LogP) is 4.90. The first-order valence-electron chi connectivity index (χ1n) is 11.9. The number of aromatic nitrogens is 1. The maximum atomic E-state index is 13.2. The Morgan fingerprint density at radius 1 is 1.19 bits per heavy atom. The van der Waals surface area contributed by atoms with E-state index in [9.17, 15) is 13.6 Å². The number of fused-ring (bicyclic) bond motifs is 1. The normalized spacial score (nSPS) is 17.9. The number of benzene rings is 2. The topological polar surface area (TPSA) is 66.9 Å². The molecule has 1 unspecified atom stereocenters. The molecule has 1 saturated heterocycles. The predicted molar refractivity (Wildman–Crippen MR) is 135 cm³/mol. The molecule has 0 amide bonds. The van der Waals surface area contributed by atoms with Gasteiger partial charge in [0, 0.05) is 36.4 Å². The molecule has 0 radical (unpaired) electrons. The van der Waals surface area contributed by atoms with Gasteiger partial charge in [0.2, 0.25) is 0 Å². The lowest BCUT2D eigenvalue weighted by atomic mass is 10.0. The summed E-state index contributed by atoms with van der Waals surface area (Å²) in [4.78, 5) is 19.8. The summed E-state index contributed by atoms with van der Waals surface area (Å²) < 4.78 is 37.5. The van der Waals surface area contributed by atoms with Crippen LogP contribution in [0.15, 0.2) is 60.9 Å². The van der Waals surface area contributed by atoms with Crippen molar-refractivity contribution in [3.8, 4) is 5.75 Å². The second-order valence-electron chi connectivity index (χ2n) is 9.15. The molecule has 5 rings (SSSR count). The lowest BCUT2D eigenvalue weighted by molar-refractivity contribution is -0.0262. The summed E-state index contributed by atoms with van der Waals surface area (Å²) in [6, 6.07) is 15.4. The third kappa shape index (κ3) is 4.91. The lowest BCUT2D eigenvalue weighted by Gasteiger charge is -2.40. The fourth-order valence-electron chi connectivity index (χ4n) is 4.54. The number of aryl methyl sites for hydroxylation is 1. The van der Waals surface area contributed by atoms with E-state index in [0.717, 1.165) is 41.2 Å². The molecule has 0 aliphatic carbocycles. The summed E-state index contributed by atoms with van der Waals surface area (Å²) in [6.07, 6.45) is 4.82. The average molecular weight is 495 g/mol. The van der Waals surface area contributed by atoms with Crippen molar-refractivity contribution in [2.45, 2.75) is 24.9 Å². The van der Waals surface area contributed by atoms with E-state index in [2.05, 4.69) is 22.4 Å². The molecule has 1 N–H and O–H groups in total. The standard InChI is InChI=1S/C27H28F2N4O3/c1-32(19-6-8-20(9-7-19)33-16-27(28,29)17-33)21-5-3-18-4-10-22(36-25(18)13-21)14-31-24-15-30-12-11-23(24)26(34)35-2/h3,5-9,11-13,15,22,31H,4,10,14,16-17H2,1-2H3.